The predicted molar refractivity (Wildman–Crippen MR) is 38.0 cm³/mol. The van der Waals surface area contributed by atoms with Crippen LogP contribution in [0.4, 0.5) is 13.2 Å². The summed E-state index contributed by atoms with van der Waals surface area (Å²) in [6.45, 7) is -1.21. The highest BCUT2D eigenvalue weighted by Gasteiger charge is 2.08. The maximum Gasteiger partial charge on any atom is 0.228 e. The molecule has 66 valence electrons. The van der Waals surface area contributed by atoms with Gasteiger partial charge in [-0.2, -0.15) is 0 Å². The average molecular weight is 197 g/mol. The molecule has 0 bridgehead atoms. The fourth-order valence-electron chi connectivity index (χ4n) is 0.674. The molecule has 1 aromatic carbocycles. The van der Waals surface area contributed by atoms with Gasteiger partial charge in [0.1, 0.15) is 5.82 Å². The molecule has 0 amide bonds. The Bertz CT molecular complexity index is 290. The maximum absolute atomic E-state index is 12.7. The Hall–Kier alpha value is -0.900. The smallest absolute Gasteiger partial charge is 0.228 e. The number of halogens is 4. The second kappa shape index (κ2) is 3.67. The van der Waals surface area contributed by atoms with Gasteiger partial charge in [-0.1, -0.05) is 11.6 Å². The van der Waals surface area contributed by atoms with E-state index >= 15 is 0 Å². The summed E-state index contributed by atoms with van der Waals surface area (Å²) in [5.74, 6) is -2.22. The molecule has 0 unspecified atom stereocenters. The number of benzene rings is 1. The van der Waals surface area contributed by atoms with Crippen LogP contribution in [0.3, 0.4) is 0 Å². The Kier molecular flexibility index (Phi) is 2.81. The number of hydrogen-bond acceptors (Lipinski definition) is 1. The van der Waals surface area contributed by atoms with Gasteiger partial charge < -0.3 is 4.74 Å². The van der Waals surface area contributed by atoms with Crippen molar-refractivity contribution in [3.05, 3.63) is 28.8 Å². The lowest BCUT2D eigenvalue weighted by molar-refractivity contribution is 0.183. The lowest BCUT2D eigenvalue weighted by Crippen LogP contribution is -1.94. The monoisotopic (exact) mass is 196 g/mol. The van der Waals surface area contributed by atoms with Crippen LogP contribution in [0, 0.1) is 11.6 Å². The topological polar surface area (TPSA) is 9.23 Å². The van der Waals surface area contributed by atoms with E-state index in [1.165, 1.54) is 0 Å². The third kappa shape index (κ3) is 1.82. The highest BCUT2D eigenvalue weighted by molar-refractivity contribution is 6.30. The summed E-state index contributed by atoms with van der Waals surface area (Å²) in [4.78, 5) is 0. The first kappa shape index (κ1) is 9.19. The molecule has 0 radical (unpaired) electrons. The average Bonchev–Trinajstić information content (AvgIpc) is 2.01. The van der Waals surface area contributed by atoms with Gasteiger partial charge in [-0.05, 0) is 6.07 Å². The Morgan fingerprint density at radius 3 is 2.50 bits per heavy atom. The minimum absolute atomic E-state index is 0.362. The van der Waals surface area contributed by atoms with Crippen LogP contribution in [0.5, 0.6) is 5.75 Å². The fourth-order valence-corrected chi connectivity index (χ4v) is 0.824. The molecule has 1 aromatic rings. The zero-order chi connectivity index (χ0) is 9.14. The third-order valence-electron chi connectivity index (χ3n) is 1.18. The van der Waals surface area contributed by atoms with Crippen LogP contribution >= 0.6 is 11.6 Å². The Labute approximate surface area is 71.7 Å². The molecule has 0 saturated carbocycles. The molecule has 0 aliphatic heterocycles. The summed E-state index contributed by atoms with van der Waals surface area (Å²) in [6, 6.07) is 1.42. The van der Waals surface area contributed by atoms with Gasteiger partial charge >= 0.3 is 0 Å². The minimum Gasteiger partial charge on any atom is -0.460 e. The van der Waals surface area contributed by atoms with Crippen molar-refractivity contribution >= 4 is 11.6 Å². The molecule has 0 N–H and O–H groups in total. The molecule has 12 heavy (non-hydrogen) atoms. The lowest BCUT2D eigenvalue weighted by atomic mass is 10.3. The van der Waals surface area contributed by atoms with E-state index in [4.69, 9.17) is 11.6 Å². The van der Waals surface area contributed by atoms with E-state index in [-0.39, 0.29) is 5.02 Å². The minimum atomic E-state index is -1.21. The van der Waals surface area contributed by atoms with Gasteiger partial charge in [-0.15, -0.1) is 0 Å². The van der Waals surface area contributed by atoms with E-state index in [1.807, 2.05) is 0 Å². The Balaban J connectivity index is 3.05. The second-order valence-corrected chi connectivity index (χ2v) is 2.36. The number of rotatable bonds is 2. The van der Waals surface area contributed by atoms with Crippen LogP contribution in [0.1, 0.15) is 0 Å². The molecule has 0 aliphatic carbocycles. The third-order valence-corrected chi connectivity index (χ3v) is 1.47. The van der Waals surface area contributed by atoms with Gasteiger partial charge in [-0.25, -0.2) is 13.2 Å². The molecule has 1 rings (SSSR count). The van der Waals surface area contributed by atoms with Crippen molar-refractivity contribution in [1.82, 2.24) is 0 Å². The molecule has 0 heterocycles. The van der Waals surface area contributed by atoms with E-state index in [0.29, 0.717) is 6.07 Å². The molecule has 0 atom stereocenters. The van der Waals surface area contributed by atoms with Crippen LogP contribution in [0.25, 0.3) is 0 Å². The normalized spacial score (nSPS) is 10.0. The van der Waals surface area contributed by atoms with E-state index in [1.54, 1.807) is 0 Å². The summed E-state index contributed by atoms with van der Waals surface area (Å²) in [7, 11) is 0. The summed E-state index contributed by atoms with van der Waals surface area (Å²) < 4.78 is 40.9. The van der Waals surface area contributed by atoms with E-state index in [2.05, 4.69) is 4.74 Å². The second-order valence-electron chi connectivity index (χ2n) is 1.95. The van der Waals surface area contributed by atoms with Crippen molar-refractivity contribution in [2.45, 2.75) is 0 Å². The van der Waals surface area contributed by atoms with Gasteiger partial charge in [-0.3, -0.25) is 0 Å². The standard InChI is InChI=1S/C7H4ClF3O/c8-4-1-6(11)7(12-3-9)2-5(4)10/h1-2H,3H2. The molecule has 0 spiro atoms. The summed E-state index contributed by atoms with van der Waals surface area (Å²) in [5.41, 5.74) is 0. The zero-order valence-corrected chi connectivity index (χ0v) is 6.54. The lowest BCUT2D eigenvalue weighted by Gasteiger charge is -2.02. The van der Waals surface area contributed by atoms with Gasteiger partial charge in [0.25, 0.3) is 0 Å². The van der Waals surface area contributed by atoms with Crippen molar-refractivity contribution in [2.75, 3.05) is 6.86 Å². The van der Waals surface area contributed by atoms with Crippen molar-refractivity contribution in [3.63, 3.8) is 0 Å². The van der Waals surface area contributed by atoms with Crippen molar-refractivity contribution in [3.8, 4) is 5.75 Å². The zero-order valence-electron chi connectivity index (χ0n) is 5.78. The predicted octanol–water partition coefficient (Wildman–Crippen LogP) is 2.92. The van der Waals surface area contributed by atoms with Crippen molar-refractivity contribution in [2.24, 2.45) is 0 Å². The first-order chi connectivity index (χ1) is 5.65. The number of hydrogen-bond donors (Lipinski definition) is 0. The van der Waals surface area contributed by atoms with Crippen LogP contribution in [-0.2, 0) is 0 Å². The molecule has 1 nitrogen and oxygen atoms in total. The largest absolute Gasteiger partial charge is 0.460 e. The highest BCUT2D eigenvalue weighted by atomic mass is 35.5. The Morgan fingerprint density at radius 2 is 1.92 bits per heavy atom. The molecule has 0 saturated heterocycles. The molecular weight excluding hydrogens is 193 g/mol. The van der Waals surface area contributed by atoms with Gasteiger partial charge in [0.05, 0.1) is 5.02 Å². The van der Waals surface area contributed by atoms with E-state index < -0.39 is 24.2 Å². The summed E-state index contributed by atoms with van der Waals surface area (Å²) in [5, 5.41) is -0.362. The SMILES string of the molecule is FCOc1cc(F)c(Cl)cc1F. The Morgan fingerprint density at radius 1 is 1.25 bits per heavy atom. The number of ether oxygens (including phenoxy) is 1. The quantitative estimate of drug-likeness (QED) is 0.661. The highest BCUT2D eigenvalue weighted by Crippen LogP contribution is 2.24. The molecular formula is C7H4ClF3O. The fraction of sp³-hybridized carbons (Fsp3) is 0.143. The van der Waals surface area contributed by atoms with E-state index in [9.17, 15) is 13.2 Å². The molecule has 0 aromatic heterocycles. The van der Waals surface area contributed by atoms with Crippen LogP contribution in [0.15, 0.2) is 12.1 Å². The first-order valence-corrected chi connectivity index (χ1v) is 3.36. The van der Waals surface area contributed by atoms with Crippen LogP contribution < -0.4 is 4.74 Å². The molecule has 5 heteroatoms. The maximum atomic E-state index is 12.7. The van der Waals surface area contributed by atoms with E-state index in [0.717, 1.165) is 6.07 Å². The molecule has 0 aliphatic rings. The van der Waals surface area contributed by atoms with Crippen molar-refractivity contribution < 1.29 is 17.9 Å². The molecule has 0 fully saturated rings. The summed E-state index contributed by atoms with van der Waals surface area (Å²) >= 11 is 5.22. The van der Waals surface area contributed by atoms with Gasteiger partial charge in [0, 0.05) is 6.07 Å². The summed E-state index contributed by atoms with van der Waals surface area (Å²) in [6.07, 6.45) is 0. The first-order valence-electron chi connectivity index (χ1n) is 2.98. The van der Waals surface area contributed by atoms with Crippen LogP contribution in [-0.4, -0.2) is 6.86 Å². The van der Waals surface area contributed by atoms with Crippen LogP contribution in [0.2, 0.25) is 5.02 Å². The van der Waals surface area contributed by atoms with Gasteiger partial charge in [0.2, 0.25) is 6.86 Å². The van der Waals surface area contributed by atoms with Crippen molar-refractivity contribution in [1.29, 1.82) is 0 Å². The number of alkyl halides is 1. The van der Waals surface area contributed by atoms with Gasteiger partial charge in [0.15, 0.2) is 11.6 Å².